The summed E-state index contributed by atoms with van der Waals surface area (Å²) in [6, 6.07) is 4.63. The lowest BCUT2D eigenvalue weighted by Gasteiger charge is -2.23. The molecule has 0 spiro atoms. The summed E-state index contributed by atoms with van der Waals surface area (Å²) in [6.07, 6.45) is 0. The van der Waals surface area contributed by atoms with Crippen molar-refractivity contribution in [1.29, 1.82) is 0 Å². The molecule has 0 aliphatic heterocycles. The van der Waals surface area contributed by atoms with Gasteiger partial charge in [0.05, 0.1) is 5.56 Å². The van der Waals surface area contributed by atoms with Gasteiger partial charge in [-0.2, -0.15) is 0 Å². The van der Waals surface area contributed by atoms with Gasteiger partial charge in [0.25, 0.3) is 5.91 Å². The number of carbonyl (C=O) groups excluding carboxylic acids is 2. The van der Waals surface area contributed by atoms with Gasteiger partial charge in [-0.15, -0.1) is 0 Å². The maximum atomic E-state index is 12.2. The highest BCUT2D eigenvalue weighted by molar-refractivity contribution is 6.31. The van der Waals surface area contributed by atoms with E-state index < -0.39 is 17.4 Å². The topological polar surface area (TPSA) is 107 Å². The second-order valence-electron chi connectivity index (χ2n) is 4.72. The van der Waals surface area contributed by atoms with Crippen molar-refractivity contribution in [2.75, 3.05) is 13.2 Å². The minimum atomic E-state index is -1.18. The van der Waals surface area contributed by atoms with Crippen LogP contribution in [0.25, 0.3) is 0 Å². The van der Waals surface area contributed by atoms with Gasteiger partial charge in [-0.1, -0.05) is 11.6 Å². The lowest BCUT2D eigenvalue weighted by molar-refractivity contribution is -0.122. The van der Waals surface area contributed by atoms with E-state index in [0.717, 1.165) is 0 Å². The number of ether oxygens (including phenoxy) is 1. The molecule has 0 radical (unpaired) electrons. The highest BCUT2D eigenvalue weighted by atomic mass is 35.5. The molecule has 0 aliphatic rings. The number of halogens is 1. The standard InChI is InChI=1S/C13H18ClN3O3/c1-13(2,12(16)19)17-11(18)9-7-8(14)3-4-10(9)20-6-5-15/h3-4,7H,5-6,15H2,1-2H3,(H2,16,19)(H,17,18). The molecule has 0 bridgehead atoms. The molecule has 5 N–H and O–H groups in total. The summed E-state index contributed by atoms with van der Waals surface area (Å²) in [4.78, 5) is 23.5. The molecule has 0 atom stereocenters. The first-order valence-corrected chi connectivity index (χ1v) is 6.40. The highest BCUT2D eigenvalue weighted by Crippen LogP contribution is 2.23. The van der Waals surface area contributed by atoms with Crippen molar-refractivity contribution in [3.63, 3.8) is 0 Å². The zero-order chi connectivity index (χ0) is 15.3. The molecule has 7 heteroatoms. The fourth-order valence-corrected chi connectivity index (χ4v) is 1.56. The van der Waals surface area contributed by atoms with E-state index in [2.05, 4.69) is 5.32 Å². The second-order valence-corrected chi connectivity index (χ2v) is 5.16. The van der Waals surface area contributed by atoms with Crippen molar-refractivity contribution in [2.45, 2.75) is 19.4 Å². The van der Waals surface area contributed by atoms with Crippen LogP contribution in [0.3, 0.4) is 0 Å². The van der Waals surface area contributed by atoms with Gasteiger partial charge in [0.15, 0.2) is 0 Å². The first kappa shape index (κ1) is 16.3. The van der Waals surface area contributed by atoms with Gasteiger partial charge in [0, 0.05) is 11.6 Å². The predicted octanol–water partition coefficient (Wildman–Crippen LogP) is 0.671. The Kier molecular flexibility index (Phi) is 5.35. The quantitative estimate of drug-likeness (QED) is 0.717. The molecular weight excluding hydrogens is 282 g/mol. The van der Waals surface area contributed by atoms with E-state index in [9.17, 15) is 9.59 Å². The zero-order valence-corrected chi connectivity index (χ0v) is 12.2. The number of benzene rings is 1. The van der Waals surface area contributed by atoms with Gasteiger partial charge in [-0.25, -0.2) is 0 Å². The van der Waals surface area contributed by atoms with Crippen molar-refractivity contribution in [1.82, 2.24) is 5.32 Å². The molecule has 6 nitrogen and oxygen atoms in total. The molecule has 1 rings (SSSR count). The van der Waals surface area contributed by atoms with Crippen LogP contribution in [0.4, 0.5) is 0 Å². The highest BCUT2D eigenvalue weighted by Gasteiger charge is 2.28. The maximum absolute atomic E-state index is 12.2. The summed E-state index contributed by atoms with van der Waals surface area (Å²) in [6.45, 7) is 3.61. The van der Waals surface area contributed by atoms with Gasteiger partial charge < -0.3 is 21.5 Å². The second kappa shape index (κ2) is 6.58. The van der Waals surface area contributed by atoms with Crippen LogP contribution in [0, 0.1) is 0 Å². The lowest BCUT2D eigenvalue weighted by atomic mass is 10.0. The third kappa shape index (κ3) is 4.11. The number of nitrogens with two attached hydrogens (primary N) is 2. The molecule has 0 saturated heterocycles. The SMILES string of the molecule is CC(C)(NC(=O)c1cc(Cl)ccc1OCCN)C(N)=O. The Bertz CT molecular complexity index is 518. The van der Waals surface area contributed by atoms with Crippen molar-refractivity contribution < 1.29 is 14.3 Å². The Morgan fingerprint density at radius 1 is 1.40 bits per heavy atom. The molecule has 0 fully saturated rings. The molecule has 1 aromatic rings. The van der Waals surface area contributed by atoms with E-state index in [4.69, 9.17) is 27.8 Å². The average Bonchev–Trinajstić information content (AvgIpc) is 2.36. The van der Waals surface area contributed by atoms with Gasteiger partial charge in [0.1, 0.15) is 17.9 Å². The number of primary amides is 1. The molecule has 0 saturated carbocycles. The van der Waals surface area contributed by atoms with Gasteiger partial charge >= 0.3 is 0 Å². The van der Waals surface area contributed by atoms with E-state index >= 15 is 0 Å². The number of carbonyl (C=O) groups is 2. The summed E-state index contributed by atoms with van der Waals surface area (Å²) in [5.74, 6) is -0.793. The van der Waals surface area contributed by atoms with E-state index in [0.29, 0.717) is 17.3 Å². The van der Waals surface area contributed by atoms with Crippen molar-refractivity contribution in [3.05, 3.63) is 28.8 Å². The average molecular weight is 300 g/mol. The Labute approximate surface area is 122 Å². The predicted molar refractivity (Wildman–Crippen MR) is 76.7 cm³/mol. The number of hydrogen-bond donors (Lipinski definition) is 3. The van der Waals surface area contributed by atoms with Crippen LogP contribution in [0.2, 0.25) is 5.02 Å². The van der Waals surface area contributed by atoms with Crippen LogP contribution in [0.5, 0.6) is 5.75 Å². The van der Waals surface area contributed by atoms with Crippen molar-refractivity contribution in [2.24, 2.45) is 11.5 Å². The smallest absolute Gasteiger partial charge is 0.255 e. The van der Waals surface area contributed by atoms with Crippen LogP contribution in [0.1, 0.15) is 24.2 Å². The molecular formula is C13H18ClN3O3. The Hall–Kier alpha value is -1.79. The van der Waals surface area contributed by atoms with Gasteiger partial charge in [-0.05, 0) is 32.0 Å². The third-order valence-corrected chi connectivity index (χ3v) is 2.84. The van der Waals surface area contributed by atoms with Crippen molar-refractivity contribution >= 4 is 23.4 Å². The molecule has 20 heavy (non-hydrogen) atoms. The largest absolute Gasteiger partial charge is 0.491 e. The molecule has 0 unspecified atom stereocenters. The normalized spacial score (nSPS) is 11.0. The number of nitrogens with one attached hydrogen (secondary N) is 1. The van der Waals surface area contributed by atoms with Gasteiger partial charge in [0.2, 0.25) is 5.91 Å². The van der Waals surface area contributed by atoms with Crippen LogP contribution in [-0.4, -0.2) is 30.5 Å². The fourth-order valence-electron chi connectivity index (χ4n) is 1.39. The molecule has 1 aromatic carbocycles. The molecule has 0 aliphatic carbocycles. The van der Waals surface area contributed by atoms with Crippen molar-refractivity contribution in [3.8, 4) is 5.75 Å². The number of hydrogen-bond acceptors (Lipinski definition) is 4. The zero-order valence-electron chi connectivity index (χ0n) is 11.4. The summed E-state index contributed by atoms with van der Waals surface area (Å²) >= 11 is 5.88. The van der Waals surface area contributed by atoms with E-state index in [1.165, 1.54) is 19.9 Å². The minimum absolute atomic E-state index is 0.222. The van der Waals surface area contributed by atoms with Crippen LogP contribution < -0.4 is 21.5 Å². The molecule has 0 aromatic heterocycles. The molecule has 0 heterocycles. The monoisotopic (exact) mass is 299 g/mol. The number of amides is 2. The van der Waals surface area contributed by atoms with Gasteiger partial charge in [-0.3, -0.25) is 9.59 Å². The Morgan fingerprint density at radius 3 is 2.60 bits per heavy atom. The van der Waals surface area contributed by atoms with E-state index in [1.807, 2.05) is 0 Å². The maximum Gasteiger partial charge on any atom is 0.255 e. The Morgan fingerprint density at radius 2 is 2.05 bits per heavy atom. The third-order valence-electron chi connectivity index (χ3n) is 2.60. The fraction of sp³-hybridized carbons (Fsp3) is 0.385. The molecule has 2 amide bonds. The number of rotatable bonds is 6. The first-order chi connectivity index (χ1) is 9.27. The summed E-state index contributed by atoms with van der Waals surface area (Å²) < 4.78 is 5.38. The van der Waals surface area contributed by atoms with Crippen LogP contribution >= 0.6 is 11.6 Å². The van der Waals surface area contributed by atoms with E-state index in [1.54, 1.807) is 12.1 Å². The van der Waals surface area contributed by atoms with Crippen LogP contribution in [0.15, 0.2) is 18.2 Å². The lowest BCUT2D eigenvalue weighted by Crippen LogP contribution is -2.53. The summed E-state index contributed by atoms with van der Waals surface area (Å²) in [5.41, 5.74) is 9.62. The summed E-state index contributed by atoms with van der Waals surface area (Å²) in [7, 11) is 0. The minimum Gasteiger partial charge on any atom is -0.491 e. The first-order valence-electron chi connectivity index (χ1n) is 6.02. The van der Waals surface area contributed by atoms with E-state index in [-0.39, 0.29) is 12.2 Å². The Balaban J connectivity index is 3.02. The molecule has 110 valence electrons. The summed E-state index contributed by atoms with van der Waals surface area (Å²) in [5, 5.41) is 2.91. The van der Waals surface area contributed by atoms with Crippen LogP contribution in [-0.2, 0) is 4.79 Å².